The number of carbonyl (C=O) groups excluding carboxylic acids is 1. The first-order valence-corrected chi connectivity index (χ1v) is 8.26. The minimum Gasteiger partial charge on any atom is -0.299 e. The predicted octanol–water partition coefficient (Wildman–Crippen LogP) is 5.55. The second-order valence-electron chi connectivity index (χ2n) is 6.13. The van der Waals surface area contributed by atoms with Crippen LogP contribution in [-0.4, -0.2) is 5.78 Å². The molecule has 0 saturated carbocycles. The quantitative estimate of drug-likeness (QED) is 0.648. The van der Waals surface area contributed by atoms with Gasteiger partial charge in [-0.2, -0.15) is 0 Å². The molecule has 3 atom stereocenters. The van der Waals surface area contributed by atoms with E-state index >= 15 is 0 Å². The van der Waals surface area contributed by atoms with Gasteiger partial charge in [0.1, 0.15) is 5.78 Å². The molecule has 0 fully saturated rings. The van der Waals surface area contributed by atoms with Gasteiger partial charge in [0.25, 0.3) is 0 Å². The molecule has 1 aromatic rings. The monoisotopic (exact) mass is 286 g/mol. The number of Topliss-reactive ketones (excluding diaryl/α,β-unsaturated/α-hetero) is 1. The average molecular weight is 286 g/mol. The van der Waals surface area contributed by atoms with Crippen molar-refractivity contribution in [3.8, 4) is 0 Å². The summed E-state index contributed by atoms with van der Waals surface area (Å²) in [5, 5.41) is 0. The fraction of sp³-hybridized carbons (Fsp3) is 0.550. The van der Waals surface area contributed by atoms with Crippen molar-refractivity contribution in [3.63, 3.8) is 0 Å². The van der Waals surface area contributed by atoms with E-state index in [9.17, 15) is 4.79 Å². The first-order valence-electron chi connectivity index (χ1n) is 8.26. The molecule has 0 aliphatic heterocycles. The van der Waals surface area contributed by atoms with Crippen LogP contribution in [-0.2, 0) is 11.2 Å². The van der Waals surface area contributed by atoms with E-state index < -0.39 is 0 Å². The Kier molecular flexibility index (Phi) is 7.42. The van der Waals surface area contributed by atoms with Gasteiger partial charge in [-0.3, -0.25) is 4.79 Å². The lowest BCUT2D eigenvalue weighted by Crippen LogP contribution is -2.17. The van der Waals surface area contributed by atoms with Crippen LogP contribution < -0.4 is 0 Å². The molecule has 0 amide bonds. The summed E-state index contributed by atoms with van der Waals surface area (Å²) in [6, 6.07) is 8.63. The Bertz CT molecular complexity index is 461. The summed E-state index contributed by atoms with van der Waals surface area (Å²) < 4.78 is 0. The Morgan fingerprint density at radius 2 is 2.00 bits per heavy atom. The van der Waals surface area contributed by atoms with E-state index in [-0.39, 0.29) is 5.92 Å². The zero-order chi connectivity index (χ0) is 15.8. The highest BCUT2D eigenvalue weighted by Crippen LogP contribution is 2.39. The summed E-state index contributed by atoms with van der Waals surface area (Å²) in [7, 11) is 0. The van der Waals surface area contributed by atoms with Gasteiger partial charge >= 0.3 is 0 Å². The van der Waals surface area contributed by atoms with Gasteiger partial charge < -0.3 is 0 Å². The fourth-order valence-corrected chi connectivity index (χ4v) is 2.81. The van der Waals surface area contributed by atoms with Crippen LogP contribution in [0.5, 0.6) is 0 Å². The smallest absolute Gasteiger partial charge is 0.135 e. The average Bonchev–Trinajstić information content (AvgIpc) is 2.83. The van der Waals surface area contributed by atoms with Crippen LogP contribution in [0, 0.1) is 11.8 Å². The molecule has 1 nitrogen and oxygen atoms in total. The highest BCUT2D eigenvalue weighted by atomic mass is 16.1. The highest BCUT2D eigenvalue weighted by molar-refractivity contribution is 5.81. The summed E-state index contributed by atoms with van der Waals surface area (Å²) in [4.78, 5) is 12.0. The third kappa shape index (κ3) is 4.84. The lowest BCUT2D eigenvalue weighted by molar-refractivity contribution is -0.123. The second-order valence-corrected chi connectivity index (χ2v) is 6.13. The van der Waals surface area contributed by atoms with Crippen LogP contribution in [0.25, 0.3) is 0 Å². The number of allylic oxidation sites excluding steroid dienone is 1. The molecule has 1 aromatic carbocycles. The second kappa shape index (κ2) is 8.81. The molecule has 0 spiro atoms. The molecule has 21 heavy (non-hydrogen) atoms. The summed E-state index contributed by atoms with van der Waals surface area (Å²) in [5.41, 5.74) is 2.90. The van der Waals surface area contributed by atoms with E-state index in [4.69, 9.17) is 0 Å². The van der Waals surface area contributed by atoms with E-state index in [1.807, 2.05) is 6.08 Å². The number of carbonyl (C=O) groups is 1. The van der Waals surface area contributed by atoms with Crippen LogP contribution in [0.1, 0.15) is 64.0 Å². The van der Waals surface area contributed by atoms with Crippen molar-refractivity contribution in [2.24, 2.45) is 11.8 Å². The number of hydrogen-bond donors (Lipinski definition) is 0. The van der Waals surface area contributed by atoms with Gasteiger partial charge in [0.15, 0.2) is 0 Å². The molecule has 0 saturated heterocycles. The van der Waals surface area contributed by atoms with Crippen molar-refractivity contribution < 1.29 is 4.79 Å². The number of rotatable bonds is 5. The SMILES string of the molecule is C=CCC.CCC(C)C(=O)CC1Cc2ccccc2C1C. The maximum atomic E-state index is 12.0. The number of benzene rings is 1. The molecule has 1 heteroatoms. The highest BCUT2D eigenvalue weighted by Gasteiger charge is 2.30. The van der Waals surface area contributed by atoms with Gasteiger partial charge in [0, 0.05) is 12.3 Å². The molecule has 0 radical (unpaired) electrons. The maximum absolute atomic E-state index is 12.0. The topological polar surface area (TPSA) is 17.1 Å². The summed E-state index contributed by atoms with van der Waals surface area (Å²) in [6.45, 7) is 11.9. The number of ketones is 1. The van der Waals surface area contributed by atoms with Crippen molar-refractivity contribution >= 4 is 5.78 Å². The van der Waals surface area contributed by atoms with E-state index in [1.165, 1.54) is 11.1 Å². The molecule has 2 rings (SSSR count). The molecular formula is C20H30O. The Morgan fingerprint density at radius 3 is 2.52 bits per heavy atom. The van der Waals surface area contributed by atoms with Crippen LogP contribution in [0.4, 0.5) is 0 Å². The molecular weight excluding hydrogens is 256 g/mol. The lowest BCUT2D eigenvalue weighted by Gasteiger charge is -2.17. The Morgan fingerprint density at radius 1 is 1.38 bits per heavy atom. The van der Waals surface area contributed by atoms with Gasteiger partial charge in [-0.1, -0.05) is 58.0 Å². The van der Waals surface area contributed by atoms with Crippen LogP contribution in [0.2, 0.25) is 0 Å². The Balaban J connectivity index is 0.000000491. The normalized spacial score (nSPS) is 21.0. The van der Waals surface area contributed by atoms with E-state index in [1.54, 1.807) is 0 Å². The van der Waals surface area contributed by atoms with Crippen LogP contribution >= 0.6 is 0 Å². The predicted molar refractivity (Wildman–Crippen MR) is 91.6 cm³/mol. The molecule has 0 aromatic heterocycles. The molecule has 0 N–H and O–H groups in total. The van der Waals surface area contributed by atoms with E-state index in [0.29, 0.717) is 17.6 Å². The van der Waals surface area contributed by atoms with Crippen molar-refractivity contribution in [1.82, 2.24) is 0 Å². The zero-order valence-electron chi connectivity index (χ0n) is 14.1. The van der Waals surface area contributed by atoms with Gasteiger partial charge in [0.05, 0.1) is 0 Å². The van der Waals surface area contributed by atoms with Gasteiger partial charge in [-0.15, -0.1) is 6.58 Å². The van der Waals surface area contributed by atoms with E-state index in [0.717, 1.165) is 25.7 Å². The van der Waals surface area contributed by atoms with Gasteiger partial charge in [0.2, 0.25) is 0 Å². The zero-order valence-corrected chi connectivity index (χ0v) is 14.1. The Labute approximate surface area is 130 Å². The minimum absolute atomic E-state index is 0.228. The molecule has 1 aliphatic carbocycles. The van der Waals surface area contributed by atoms with Gasteiger partial charge in [-0.25, -0.2) is 0 Å². The number of hydrogen-bond acceptors (Lipinski definition) is 1. The van der Waals surface area contributed by atoms with Crippen LogP contribution in [0.15, 0.2) is 36.9 Å². The largest absolute Gasteiger partial charge is 0.299 e. The van der Waals surface area contributed by atoms with Crippen molar-refractivity contribution in [3.05, 3.63) is 48.0 Å². The van der Waals surface area contributed by atoms with Crippen molar-refractivity contribution in [2.45, 2.75) is 59.3 Å². The van der Waals surface area contributed by atoms with Crippen LogP contribution in [0.3, 0.4) is 0 Å². The number of fused-ring (bicyclic) bond motifs is 1. The lowest BCUT2D eigenvalue weighted by atomic mass is 9.86. The third-order valence-electron chi connectivity index (χ3n) is 4.65. The fourth-order valence-electron chi connectivity index (χ4n) is 2.81. The first-order chi connectivity index (χ1) is 10.0. The molecule has 0 heterocycles. The summed E-state index contributed by atoms with van der Waals surface area (Å²) in [5.74, 6) is 1.73. The van der Waals surface area contributed by atoms with Crippen molar-refractivity contribution in [2.75, 3.05) is 0 Å². The molecule has 116 valence electrons. The molecule has 3 unspecified atom stereocenters. The third-order valence-corrected chi connectivity index (χ3v) is 4.65. The first kappa shape index (κ1) is 17.7. The maximum Gasteiger partial charge on any atom is 0.135 e. The van der Waals surface area contributed by atoms with Crippen molar-refractivity contribution in [1.29, 1.82) is 0 Å². The minimum atomic E-state index is 0.228. The van der Waals surface area contributed by atoms with E-state index in [2.05, 4.69) is 58.5 Å². The molecule has 0 bridgehead atoms. The summed E-state index contributed by atoms with van der Waals surface area (Å²) in [6.07, 6.45) is 5.76. The standard InChI is InChI=1S/C16H22O.C4H8/c1-4-11(2)16(17)10-14-9-13-7-5-6-8-15(13)12(14)3;1-3-4-2/h5-8,11-12,14H,4,9-10H2,1-3H3;3H,1,4H2,2H3. The van der Waals surface area contributed by atoms with Gasteiger partial charge in [-0.05, 0) is 42.2 Å². The summed E-state index contributed by atoms with van der Waals surface area (Å²) >= 11 is 0. The Hall–Kier alpha value is -1.37. The molecule has 1 aliphatic rings.